The average molecular weight is 325 g/mol. The summed E-state index contributed by atoms with van der Waals surface area (Å²) in [7, 11) is 3.34. The van der Waals surface area contributed by atoms with E-state index >= 15 is 0 Å². The second-order valence-corrected chi connectivity index (χ2v) is 6.05. The summed E-state index contributed by atoms with van der Waals surface area (Å²) in [6, 6.07) is 14.0. The molecule has 1 amide bonds. The van der Waals surface area contributed by atoms with Gasteiger partial charge in [0.25, 0.3) is 0 Å². The molecule has 0 spiro atoms. The van der Waals surface area contributed by atoms with E-state index in [9.17, 15) is 4.79 Å². The first-order valence-corrected chi connectivity index (χ1v) is 8.26. The van der Waals surface area contributed by atoms with Crippen LogP contribution in [0.5, 0.6) is 11.5 Å². The molecule has 0 bridgehead atoms. The van der Waals surface area contributed by atoms with Crippen molar-refractivity contribution in [3.05, 3.63) is 59.2 Å². The fourth-order valence-electron chi connectivity index (χ4n) is 3.07. The molecule has 0 N–H and O–H groups in total. The maximum absolute atomic E-state index is 12.5. The Bertz CT molecular complexity index is 709. The van der Waals surface area contributed by atoms with Crippen LogP contribution in [-0.2, 0) is 24.2 Å². The van der Waals surface area contributed by atoms with Gasteiger partial charge in [0, 0.05) is 19.5 Å². The molecule has 1 aliphatic rings. The van der Waals surface area contributed by atoms with Gasteiger partial charge in [-0.15, -0.1) is 0 Å². The number of benzene rings is 2. The van der Waals surface area contributed by atoms with Crippen molar-refractivity contribution in [2.24, 2.45) is 0 Å². The highest BCUT2D eigenvalue weighted by atomic mass is 16.5. The van der Waals surface area contributed by atoms with E-state index in [2.05, 4.69) is 12.1 Å². The number of fused-ring (bicyclic) bond motifs is 1. The number of hydrogen-bond acceptors (Lipinski definition) is 3. The number of ether oxygens (including phenoxy) is 2. The van der Waals surface area contributed by atoms with E-state index in [0.717, 1.165) is 36.4 Å². The first-order valence-electron chi connectivity index (χ1n) is 8.26. The summed E-state index contributed by atoms with van der Waals surface area (Å²) in [5.41, 5.74) is 3.67. The molecule has 1 heterocycles. The SMILES string of the molecule is COc1ccc(CCC(=O)N2CCc3cc(OC)ccc3C2)cc1. The molecule has 3 rings (SSSR count). The second-order valence-electron chi connectivity index (χ2n) is 6.05. The van der Waals surface area contributed by atoms with Crippen molar-refractivity contribution in [1.29, 1.82) is 0 Å². The van der Waals surface area contributed by atoms with Crippen LogP contribution in [0, 0.1) is 0 Å². The van der Waals surface area contributed by atoms with Crippen LogP contribution in [0.15, 0.2) is 42.5 Å². The zero-order valence-corrected chi connectivity index (χ0v) is 14.2. The normalized spacial score (nSPS) is 13.3. The van der Waals surface area contributed by atoms with E-state index in [1.54, 1.807) is 14.2 Å². The molecule has 1 aliphatic heterocycles. The van der Waals surface area contributed by atoms with Crippen molar-refractivity contribution in [2.45, 2.75) is 25.8 Å². The second kappa shape index (κ2) is 7.39. The molecule has 2 aromatic rings. The molecule has 0 unspecified atom stereocenters. The topological polar surface area (TPSA) is 38.8 Å². The van der Waals surface area contributed by atoms with Crippen molar-refractivity contribution >= 4 is 5.91 Å². The Balaban J connectivity index is 1.57. The molecule has 0 atom stereocenters. The number of methoxy groups -OCH3 is 2. The fourth-order valence-corrected chi connectivity index (χ4v) is 3.07. The Morgan fingerprint density at radius 3 is 2.42 bits per heavy atom. The molecule has 24 heavy (non-hydrogen) atoms. The largest absolute Gasteiger partial charge is 0.497 e. The molecule has 2 aromatic carbocycles. The highest BCUT2D eigenvalue weighted by molar-refractivity contribution is 5.76. The lowest BCUT2D eigenvalue weighted by Gasteiger charge is -2.29. The van der Waals surface area contributed by atoms with Gasteiger partial charge in [0.2, 0.25) is 5.91 Å². The third kappa shape index (κ3) is 3.70. The number of aryl methyl sites for hydroxylation is 1. The predicted molar refractivity (Wildman–Crippen MR) is 93.4 cm³/mol. The Morgan fingerprint density at radius 1 is 1.00 bits per heavy atom. The molecule has 0 aromatic heterocycles. The zero-order chi connectivity index (χ0) is 16.9. The van der Waals surface area contributed by atoms with E-state index in [-0.39, 0.29) is 5.91 Å². The van der Waals surface area contributed by atoms with Gasteiger partial charge in [0.1, 0.15) is 11.5 Å². The van der Waals surface area contributed by atoms with E-state index in [4.69, 9.17) is 9.47 Å². The van der Waals surface area contributed by atoms with Crippen LogP contribution in [0.2, 0.25) is 0 Å². The summed E-state index contributed by atoms with van der Waals surface area (Å²) in [6.07, 6.45) is 2.19. The first-order chi connectivity index (χ1) is 11.7. The summed E-state index contributed by atoms with van der Waals surface area (Å²) in [5.74, 6) is 1.94. The number of hydrogen-bond donors (Lipinski definition) is 0. The molecule has 0 saturated heterocycles. The van der Waals surface area contributed by atoms with Gasteiger partial charge in [-0.3, -0.25) is 4.79 Å². The van der Waals surface area contributed by atoms with Crippen LogP contribution in [0.4, 0.5) is 0 Å². The monoisotopic (exact) mass is 325 g/mol. The minimum Gasteiger partial charge on any atom is -0.497 e. The van der Waals surface area contributed by atoms with E-state index in [0.29, 0.717) is 13.0 Å². The molecule has 0 aliphatic carbocycles. The third-order valence-electron chi connectivity index (χ3n) is 4.56. The Labute approximate surface area is 143 Å². The summed E-state index contributed by atoms with van der Waals surface area (Å²) >= 11 is 0. The number of carbonyl (C=O) groups excluding carboxylic acids is 1. The number of carbonyl (C=O) groups is 1. The van der Waals surface area contributed by atoms with Gasteiger partial charge in [-0.1, -0.05) is 18.2 Å². The minimum atomic E-state index is 0.215. The number of nitrogens with zero attached hydrogens (tertiary/aromatic N) is 1. The molecular formula is C20H23NO3. The molecule has 126 valence electrons. The van der Waals surface area contributed by atoms with Crippen molar-refractivity contribution in [2.75, 3.05) is 20.8 Å². The Morgan fingerprint density at radius 2 is 1.71 bits per heavy atom. The maximum atomic E-state index is 12.5. The van der Waals surface area contributed by atoms with Crippen LogP contribution in [0.3, 0.4) is 0 Å². The van der Waals surface area contributed by atoms with Gasteiger partial charge in [-0.05, 0) is 53.8 Å². The lowest BCUT2D eigenvalue weighted by Crippen LogP contribution is -2.36. The molecule has 0 fully saturated rings. The lowest BCUT2D eigenvalue weighted by molar-refractivity contribution is -0.132. The lowest BCUT2D eigenvalue weighted by atomic mass is 9.99. The maximum Gasteiger partial charge on any atom is 0.223 e. The van der Waals surface area contributed by atoms with Gasteiger partial charge in [0.05, 0.1) is 14.2 Å². The Hall–Kier alpha value is -2.49. The van der Waals surface area contributed by atoms with Crippen LogP contribution in [0.25, 0.3) is 0 Å². The molecule has 0 saturated carbocycles. The van der Waals surface area contributed by atoms with Crippen molar-refractivity contribution in [3.63, 3.8) is 0 Å². The summed E-state index contributed by atoms with van der Waals surface area (Å²) in [4.78, 5) is 14.5. The number of rotatable bonds is 5. The molecule has 0 radical (unpaired) electrons. The highest BCUT2D eigenvalue weighted by Gasteiger charge is 2.20. The number of amides is 1. The van der Waals surface area contributed by atoms with Gasteiger partial charge >= 0.3 is 0 Å². The summed E-state index contributed by atoms with van der Waals surface area (Å²) in [6.45, 7) is 1.47. The Kier molecular flexibility index (Phi) is 5.04. The minimum absolute atomic E-state index is 0.215. The van der Waals surface area contributed by atoms with Crippen LogP contribution in [-0.4, -0.2) is 31.6 Å². The van der Waals surface area contributed by atoms with Gasteiger partial charge in [-0.25, -0.2) is 0 Å². The van der Waals surface area contributed by atoms with Crippen LogP contribution < -0.4 is 9.47 Å². The van der Waals surface area contributed by atoms with Gasteiger partial charge < -0.3 is 14.4 Å². The zero-order valence-electron chi connectivity index (χ0n) is 14.2. The van der Waals surface area contributed by atoms with E-state index in [1.807, 2.05) is 35.2 Å². The van der Waals surface area contributed by atoms with Crippen LogP contribution in [0.1, 0.15) is 23.1 Å². The van der Waals surface area contributed by atoms with E-state index < -0.39 is 0 Å². The molecule has 4 heteroatoms. The van der Waals surface area contributed by atoms with Crippen molar-refractivity contribution in [3.8, 4) is 11.5 Å². The predicted octanol–water partition coefficient (Wildman–Crippen LogP) is 3.22. The summed E-state index contributed by atoms with van der Waals surface area (Å²) < 4.78 is 10.4. The summed E-state index contributed by atoms with van der Waals surface area (Å²) in [5, 5.41) is 0. The van der Waals surface area contributed by atoms with E-state index in [1.165, 1.54) is 11.1 Å². The molecular weight excluding hydrogens is 302 g/mol. The quantitative estimate of drug-likeness (QED) is 0.847. The van der Waals surface area contributed by atoms with Crippen LogP contribution >= 0.6 is 0 Å². The van der Waals surface area contributed by atoms with Gasteiger partial charge in [0.15, 0.2) is 0 Å². The average Bonchev–Trinajstić information content (AvgIpc) is 2.65. The highest BCUT2D eigenvalue weighted by Crippen LogP contribution is 2.24. The van der Waals surface area contributed by atoms with Crippen molar-refractivity contribution in [1.82, 2.24) is 4.90 Å². The third-order valence-corrected chi connectivity index (χ3v) is 4.56. The van der Waals surface area contributed by atoms with Gasteiger partial charge in [-0.2, -0.15) is 0 Å². The smallest absolute Gasteiger partial charge is 0.223 e. The standard InChI is InChI=1S/C20H23NO3/c1-23-18-7-3-15(4-8-18)5-10-20(22)21-12-11-16-13-19(24-2)9-6-17(16)14-21/h3-4,6-9,13H,5,10-12,14H2,1-2H3. The molecule has 4 nitrogen and oxygen atoms in total. The first kappa shape index (κ1) is 16.4. The van der Waals surface area contributed by atoms with Crippen molar-refractivity contribution < 1.29 is 14.3 Å². The fraction of sp³-hybridized carbons (Fsp3) is 0.350.